The van der Waals surface area contributed by atoms with E-state index in [1.54, 1.807) is 6.92 Å². The predicted molar refractivity (Wildman–Crippen MR) is 190 cm³/mol. The van der Waals surface area contributed by atoms with E-state index in [0.717, 1.165) is 90.4 Å². The van der Waals surface area contributed by atoms with Crippen LogP contribution in [0.3, 0.4) is 0 Å². The summed E-state index contributed by atoms with van der Waals surface area (Å²) in [5, 5.41) is 10.6. The number of aliphatic hydroxyl groups is 1. The zero-order valence-electron chi connectivity index (χ0n) is 32.1. The molecule has 1 N–H and O–H groups in total. The van der Waals surface area contributed by atoms with E-state index in [-0.39, 0.29) is 30.1 Å². The molecule has 5 fully saturated rings. The highest BCUT2D eigenvalue weighted by Gasteiger charge is 2.49. The van der Waals surface area contributed by atoms with E-state index in [1.165, 1.54) is 24.2 Å². The first-order valence-electron chi connectivity index (χ1n) is 19.7. The van der Waals surface area contributed by atoms with Crippen LogP contribution < -0.4 is 0 Å². The third-order valence-corrected chi connectivity index (χ3v) is 12.7. The van der Waals surface area contributed by atoms with E-state index in [9.17, 15) is 14.7 Å². The summed E-state index contributed by atoms with van der Waals surface area (Å²) in [7, 11) is 0. The lowest BCUT2D eigenvalue weighted by atomic mass is 9.79. The molecular formula is C39H69N3O7. The van der Waals surface area contributed by atoms with Crippen molar-refractivity contribution in [3.05, 3.63) is 0 Å². The van der Waals surface area contributed by atoms with Gasteiger partial charge in [0.15, 0.2) is 12.5 Å². The van der Waals surface area contributed by atoms with E-state index in [0.29, 0.717) is 30.7 Å². The van der Waals surface area contributed by atoms with Crippen LogP contribution in [0.15, 0.2) is 0 Å². The van der Waals surface area contributed by atoms with E-state index in [4.69, 9.17) is 18.9 Å². The van der Waals surface area contributed by atoms with Crippen LogP contribution in [0.5, 0.6) is 0 Å². The number of ether oxygens (including phenoxy) is 4. The van der Waals surface area contributed by atoms with Gasteiger partial charge in [0.1, 0.15) is 16.9 Å². The van der Waals surface area contributed by atoms with E-state index in [1.807, 2.05) is 18.7 Å². The van der Waals surface area contributed by atoms with Gasteiger partial charge in [-0.1, -0.05) is 26.2 Å². The van der Waals surface area contributed by atoms with E-state index < -0.39 is 23.0 Å². The monoisotopic (exact) mass is 692 g/mol. The number of hydrogen-bond acceptors (Lipinski definition) is 8. The molecule has 282 valence electrons. The van der Waals surface area contributed by atoms with Crippen LogP contribution in [-0.2, 0) is 18.9 Å². The summed E-state index contributed by atoms with van der Waals surface area (Å²) in [4.78, 5) is 32.0. The number of amides is 2. The Morgan fingerprint density at radius 3 is 2.24 bits per heavy atom. The summed E-state index contributed by atoms with van der Waals surface area (Å²) in [5.41, 5.74) is -2.49. The van der Waals surface area contributed by atoms with Gasteiger partial charge in [0.2, 0.25) is 0 Å². The number of hydrogen-bond donors (Lipinski definition) is 1. The van der Waals surface area contributed by atoms with Crippen molar-refractivity contribution in [2.45, 2.75) is 180 Å². The maximum Gasteiger partial charge on any atom is 0.412 e. The molecule has 10 heteroatoms. The molecule has 0 spiro atoms. The van der Waals surface area contributed by atoms with Gasteiger partial charge in [-0.2, -0.15) is 0 Å². The third-order valence-electron chi connectivity index (χ3n) is 12.7. The molecule has 1 aliphatic carbocycles. The average molecular weight is 692 g/mol. The number of piperidine rings is 2. The summed E-state index contributed by atoms with van der Waals surface area (Å²) in [6.07, 6.45) is 14.0. The highest BCUT2D eigenvalue weighted by Crippen LogP contribution is 2.39. The van der Waals surface area contributed by atoms with Crippen molar-refractivity contribution in [1.29, 1.82) is 0 Å². The molecule has 0 aromatic carbocycles. The number of epoxide rings is 1. The number of carbonyl (C=O) groups excluding carboxylic acids is 2. The van der Waals surface area contributed by atoms with Gasteiger partial charge in [0.25, 0.3) is 0 Å². The van der Waals surface area contributed by atoms with Crippen LogP contribution in [0, 0.1) is 23.7 Å². The maximum atomic E-state index is 13.2. The maximum absolute atomic E-state index is 13.2. The van der Waals surface area contributed by atoms with Gasteiger partial charge in [0, 0.05) is 32.7 Å². The summed E-state index contributed by atoms with van der Waals surface area (Å²) in [6.45, 7) is 20.4. The second-order valence-corrected chi connectivity index (χ2v) is 18.2. The smallest absolute Gasteiger partial charge is 0.412 e. The molecule has 4 aliphatic heterocycles. The molecule has 0 aromatic heterocycles. The number of likely N-dealkylation sites (tertiary alicyclic amines) is 3. The Hall–Kier alpha value is -1.62. The molecule has 4 saturated heterocycles. The van der Waals surface area contributed by atoms with Crippen molar-refractivity contribution < 1.29 is 33.6 Å². The van der Waals surface area contributed by atoms with E-state index >= 15 is 0 Å². The highest BCUT2D eigenvalue weighted by molar-refractivity contribution is 5.69. The van der Waals surface area contributed by atoms with E-state index in [2.05, 4.69) is 39.5 Å². The normalized spacial score (nSPS) is 31.4. The van der Waals surface area contributed by atoms with Gasteiger partial charge >= 0.3 is 12.2 Å². The van der Waals surface area contributed by atoms with Crippen LogP contribution in [-0.4, -0.2) is 99.8 Å². The largest absolute Gasteiger partial charge is 0.443 e. The minimum absolute atomic E-state index is 0.00641. The first-order chi connectivity index (χ1) is 23.0. The van der Waals surface area contributed by atoms with Crippen LogP contribution in [0.25, 0.3) is 0 Å². The summed E-state index contributed by atoms with van der Waals surface area (Å²) in [6, 6.07) is 0. The standard InChI is InChI=1S/C39H69N3O7/c1-28(37(4,5)49-35(44)42-24-14-20-39(42,8)45)25-30-16-13-22-40(27-30)32-33(46-32)47-36(2,3)21-19-29-15-12-23-41(26-29)34(43)48-38(6,7)31-17-10-9-11-18-31/h28-33,45H,9-27H2,1-8H3. The third kappa shape index (κ3) is 10.3. The first kappa shape index (κ1) is 38.6. The molecular weight excluding hydrogens is 622 g/mol. The zero-order valence-corrected chi connectivity index (χ0v) is 32.1. The Morgan fingerprint density at radius 2 is 1.55 bits per heavy atom. The molecule has 0 bridgehead atoms. The lowest BCUT2D eigenvalue weighted by Gasteiger charge is -2.40. The molecule has 2 amide bonds. The van der Waals surface area contributed by atoms with Gasteiger partial charge in [-0.25, -0.2) is 9.59 Å². The number of carbonyl (C=O) groups is 2. The van der Waals surface area contributed by atoms with Crippen molar-refractivity contribution in [3.8, 4) is 0 Å². The predicted octanol–water partition coefficient (Wildman–Crippen LogP) is 7.91. The number of nitrogens with zero attached hydrogens (tertiary/aromatic N) is 3. The highest BCUT2D eigenvalue weighted by atomic mass is 16.8. The number of rotatable bonds is 12. The van der Waals surface area contributed by atoms with Crippen molar-refractivity contribution in [3.63, 3.8) is 0 Å². The van der Waals surface area contributed by atoms with Crippen LogP contribution >= 0.6 is 0 Å². The fourth-order valence-electron chi connectivity index (χ4n) is 8.92. The molecule has 4 heterocycles. The molecule has 6 unspecified atom stereocenters. The Morgan fingerprint density at radius 1 is 0.857 bits per heavy atom. The second kappa shape index (κ2) is 15.5. The Kier molecular flexibility index (Phi) is 12.2. The molecule has 5 aliphatic rings. The Bertz CT molecular complexity index is 1120. The molecule has 5 rings (SSSR count). The van der Waals surface area contributed by atoms with Gasteiger partial charge in [-0.15, -0.1) is 0 Å². The van der Waals surface area contributed by atoms with Gasteiger partial charge in [0.05, 0.1) is 5.60 Å². The average Bonchev–Trinajstić information content (AvgIpc) is 3.70. The topological polar surface area (TPSA) is 104 Å². The summed E-state index contributed by atoms with van der Waals surface area (Å²) >= 11 is 0. The molecule has 6 atom stereocenters. The second-order valence-electron chi connectivity index (χ2n) is 18.2. The van der Waals surface area contributed by atoms with Crippen molar-refractivity contribution in [2.24, 2.45) is 23.7 Å². The molecule has 0 radical (unpaired) electrons. The quantitative estimate of drug-likeness (QED) is 0.206. The fourth-order valence-corrected chi connectivity index (χ4v) is 8.92. The van der Waals surface area contributed by atoms with Crippen LogP contribution in [0.2, 0.25) is 0 Å². The van der Waals surface area contributed by atoms with Crippen LogP contribution in [0.4, 0.5) is 9.59 Å². The molecule has 1 saturated carbocycles. The lowest BCUT2D eigenvalue weighted by molar-refractivity contribution is -0.0862. The molecule has 10 nitrogen and oxygen atoms in total. The summed E-state index contributed by atoms with van der Waals surface area (Å²) in [5.74, 6) is 1.57. The zero-order chi connectivity index (χ0) is 35.6. The van der Waals surface area contributed by atoms with Gasteiger partial charge in [-0.05, 0) is 143 Å². The Labute approximate surface area is 296 Å². The van der Waals surface area contributed by atoms with Crippen molar-refractivity contribution >= 4 is 12.2 Å². The summed E-state index contributed by atoms with van der Waals surface area (Å²) < 4.78 is 24.8. The van der Waals surface area contributed by atoms with Crippen molar-refractivity contribution in [2.75, 3.05) is 32.7 Å². The minimum atomic E-state index is -1.13. The van der Waals surface area contributed by atoms with Gasteiger partial charge < -0.3 is 29.0 Å². The van der Waals surface area contributed by atoms with Crippen molar-refractivity contribution in [1.82, 2.24) is 14.7 Å². The first-order valence-corrected chi connectivity index (χ1v) is 19.7. The molecule has 49 heavy (non-hydrogen) atoms. The van der Waals surface area contributed by atoms with Crippen LogP contribution in [0.1, 0.15) is 145 Å². The Balaban J connectivity index is 1.02. The molecule has 0 aromatic rings. The minimum Gasteiger partial charge on any atom is -0.443 e. The fraction of sp³-hybridized carbons (Fsp3) is 0.949. The van der Waals surface area contributed by atoms with Gasteiger partial charge in [-0.3, -0.25) is 9.80 Å². The lowest BCUT2D eigenvalue weighted by Crippen LogP contribution is -2.49. The SMILES string of the molecule is CC(CC1CCCN(C2OC2OC(C)(C)CCC2CCCN(C(=O)OC(C)(C)C3CCCCC3)C2)C1)C(C)(C)OC(=O)N1CCCC1(C)O.